The van der Waals surface area contributed by atoms with Gasteiger partial charge in [-0.3, -0.25) is 10.2 Å². The molecule has 0 radical (unpaired) electrons. The average molecular weight is 385 g/mol. The summed E-state index contributed by atoms with van der Waals surface area (Å²) >= 11 is 0. The molecule has 1 heterocycles. The molecule has 7 heteroatoms. The number of halogens is 1. The molecule has 1 aromatic rings. The molecule has 2 aliphatic rings. The quantitative estimate of drug-likeness (QED) is 0.810. The van der Waals surface area contributed by atoms with Crippen molar-refractivity contribution in [3.63, 3.8) is 0 Å². The van der Waals surface area contributed by atoms with Crippen molar-refractivity contribution >= 4 is 24.2 Å². The third-order valence-electron chi connectivity index (χ3n) is 4.71. The molecule has 0 atom stereocenters. The highest BCUT2D eigenvalue weighted by atomic mass is 35.5. The largest absolute Gasteiger partial charge is 0.492 e. The zero-order valence-electron chi connectivity index (χ0n) is 15.2. The van der Waals surface area contributed by atoms with Gasteiger partial charge in [-0.25, -0.2) is 4.79 Å². The van der Waals surface area contributed by atoms with Gasteiger partial charge in [-0.05, 0) is 49.9 Å². The topological polar surface area (TPSA) is 60.0 Å². The number of rotatable bonds is 6. The molecule has 0 bridgehead atoms. The Hall–Kier alpha value is -1.50. The van der Waals surface area contributed by atoms with Gasteiger partial charge in [0.1, 0.15) is 18.5 Å². The Balaban J connectivity index is 0.00000243. The summed E-state index contributed by atoms with van der Waals surface area (Å²) in [6.45, 7) is 5.09. The summed E-state index contributed by atoms with van der Waals surface area (Å²) in [5, 5.41) is 2.79. The van der Waals surface area contributed by atoms with Crippen LogP contribution in [-0.4, -0.2) is 56.6 Å². The molecule has 1 amide bonds. The molecule has 1 N–H and O–H groups in total. The standard InChI is InChI=1S/C19H28N2O4.ClH/c22-19(25-18-4-2-1-3-5-18)20-16-6-8-17(9-7-16)24-15-12-21-10-13-23-14-11-21;/h6-9,18H,1-5,10-15H2,(H,20,22);1H. The zero-order valence-corrected chi connectivity index (χ0v) is 16.0. The lowest BCUT2D eigenvalue weighted by Gasteiger charge is -2.26. The van der Waals surface area contributed by atoms with Crippen LogP contribution in [-0.2, 0) is 9.47 Å². The van der Waals surface area contributed by atoms with Gasteiger partial charge in [-0.2, -0.15) is 0 Å². The van der Waals surface area contributed by atoms with Crippen LogP contribution in [0.15, 0.2) is 24.3 Å². The Morgan fingerprint density at radius 1 is 1.12 bits per heavy atom. The Morgan fingerprint density at radius 2 is 1.81 bits per heavy atom. The number of anilines is 1. The van der Waals surface area contributed by atoms with E-state index in [4.69, 9.17) is 14.2 Å². The van der Waals surface area contributed by atoms with Crippen molar-refractivity contribution in [3.05, 3.63) is 24.3 Å². The number of nitrogens with one attached hydrogen (secondary N) is 1. The summed E-state index contributed by atoms with van der Waals surface area (Å²) in [4.78, 5) is 14.3. The lowest BCUT2D eigenvalue weighted by molar-refractivity contribution is 0.0322. The minimum absolute atomic E-state index is 0. The first-order valence-electron chi connectivity index (χ1n) is 9.30. The number of ether oxygens (including phenoxy) is 3. The second-order valence-electron chi connectivity index (χ2n) is 6.62. The maximum Gasteiger partial charge on any atom is 0.411 e. The molecule has 6 nitrogen and oxygen atoms in total. The third kappa shape index (κ3) is 7.02. The van der Waals surface area contributed by atoms with Crippen molar-refractivity contribution < 1.29 is 19.0 Å². The molecule has 1 saturated heterocycles. The van der Waals surface area contributed by atoms with Crippen LogP contribution in [0.25, 0.3) is 0 Å². The minimum Gasteiger partial charge on any atom is -0.492 e. The Morgan fingerprint density at radius 3 is 2.50 bits per heavy atom. The van der Waals surface area contributed by atoms with E-state index in [1.54, 1.807) is 0 Å². The lowest BCUT2D eigenvalue weighted by atomic mass is 9.98. The zero-order chi connectivity index (χ0) is 17.3. The molecule has 3 rings (SSSR count). The van der Waals surface area contributed by atoms with Crippen LogP contribution in [0.3, 0.4) is 0 Å². The summed E-state index contributed by atoms with van der Waals surface area (Å²) in [6, 6.07) is 7.42. The number of carbonyl (C=O) groups is 1. The highest BCUT2D eigenvalue weighted by Gasteiger charge is 2.17. The number of hydrogen-bond donors (Lipinski definition) is 1. The Bertz CT molecular complexity index is 529. The highest BCUT2D eigenvalue weighted by Crippen LogP contribution is 2.21. The normalized spacial score (nSPS) is 18.6. The summed E-state index contributed by atoms with van der Waals surface area (Å²) in [5.41, 5.74) is 0.723. The molecule has 26 heavy (non-hydrogen) atoms. The molecule has 0 aromatic heterocycles. The molecular weight excluding hydrogens is 356 g/mol. The van der Waals surface area contributed by atoms with Gasteiger partial charge >= 0.3 is 6.09 Å². The van der Waals surface area contributed by atoms with Gasteiger partial charge in [0.15, 0.2) is 0 Å². The van der Waals surface area contributed by atoms with Gasteiger partial charge in [0.25, 0.3) is 0 Å². The molecule has 0 spiro atoms. The summed E-state index contributed by atoms with van der Waals surface area (Å²) in [5.74, 6) is 0.805. The molecular formula is C19H29ClN2O4. The van der Waals surface area contributed by atoms with Gasteiger partial charge in [0.05, 0.1) is 13.2 Å². The number of morpholine rings is 1. The predicted molar refractivity (Wildman–Crippen MR) is 103 cm³/mol. The second-order valence-corrected chi connectivity index (χ2v) is 6.62. The third-order valence-corrected chi connectivity index (χ3v) is 4.71. The first-order chi connectivity index (χ1) is 12.3. The fourth-order valence-corrected chi connectivity index (χ4v) is 3.23. The number of nitrogens with zero attached hydrogens (tertiary/aromatic N) is 1. The molecule has 0 unspecified atom stereocenters. The van der Waals surface area contributed by atoms with Crippen molar-refractivity contribution in [1.82, 2.24) is 4.90 Å². The van der Waals surface area contributed by atoms with Gasteiger partial charge in [-0.1, -0.05) is 6.42 Å². The van der Waals surface area contributed by atoms with E-state index in [1.807, 2.05) is 24.3 Å². The van der Waals surface area contributed by atoms with Crippen LogP contribution >= 0.6 is 12.4 Å². The van der Waals surface area contributed by atoms with Crippen LogP contribution in [0.2, 0.25) is 0 Å². The van der Waals surface area contributed by atoms with Crippen molar-refractivity contribution in [2.45, 2.75) is 38.2 Å². The first-order valence-corrected chi connectivity index (χ1v) is 9.30. The smallest absolute Gasteiger partial charge is 0.411 e. The molecule has 1 saturated carbocycles. The van der Waals surface area contributed by atoms with Gasteiger partial charge in [0.2, 0.25) is 0 Å². The summed E-state index contributed by atoms with van der Waals surface area (Å²) < 4.78 is 16.6. The maximum atomic E-state index is 11.9. The molecule has 1 aliphatic carbocycles. The first kappa shape index (κ1) is 20.8. The molecule has 146 valence electrons. The monoisotopic (exact) mass is 384 g/mol. The summed E-state index contributed by atoms with van der Waals surface area (Å²) in [7, 11) is 0. The van der Waals surface area contributed by atoms with Gasteiger partial charge in [-0.15, -0.1) is 12.4 Å². The summed E-state index contributed by atoms with van der Waals surface area (Å²) in [6.07, 6.45) is 5.19. The fourth-order valence-electron chi connectivity index (χ4n) is 3.23. The van der Waals surface area contributed by atoms with Gasteiger partial charge < -0.3 is 14.2 Å². The number of amides is 1. The van der Waals surface area contributed by atoms with Crippen LogP contribution in [0.5, 0.6) is 5.75 Å². The Labute approximate surface area is 161 Å². The van der Waals surface area contributed by atoms with E-state index < -0.39 is 0 Å². The lowest BCUT2D eigenvalue weighted by Crippen LogP contribution is -2.38. The Kier molecular flexibility index (Phi) is 9.01. The van der Waals surface area contributed by atoms with E-state index in [9.17, 15) is 4.79 Å². The molecule has 1 aliphatic heterocycles. The SMILES string of the molecule is Cl.O=C(Nc1ccc(OCCN2CCOCC2)cc1)OC1CCCCC1. The van der Waals surface area contributed by atoms with E-state index in [0.717, 1.165) is 70.0 Å². The van der Waals surface area contributed by atoms with E-state index in [0.29, 0.717) is 6.61 Å². The van der Waals surface area contributed by atoms with Crippen molar-refractivity contribution in [3.8, 4) is 5.75 Å². The van der Waals surface area contributed by atoms with E-state index in [1.165, 1.54) is 6.42 Å². The van der Waals surface area contributed by atoms with Crippen LogP contribution in [0, 0.1) is 0 Å². The van der Waals surface area contributed by atoms with Crippen LogP contribution in [0.1, 0.15) is 32.1 Å². The minimum atomic E-state index is -0.368. The number of hydrogen-bond acceptors (Lipinski definition) is 5. The van der Waals surface area contributed by atoms with E-state index >= 15 is 0 Å². The van der Waals surface area contributed by atoms with Gasteiger partial charge in [0, 0.05) is 25.3 Å². The van der Waals surface area contributed by atoms with Crippen LogP contribution < -0.4 is 10.1 Å². The average Bonchev–Trinajstić information content (AvgIpc) is 2.65. The van der Waals surface area contributed by atoms with Crippen LogP contribution in [0.4, 0.5) is 10.5 Å². The van der Waals surface area contributed by atoms with Crippen molar-refractivity contribution in [2.24, 2.45) is 0 Å². The van der Waals surface area contributed by atoms with Crippen molar-refractivity contribution in [2.75, 3.05) is 44.8 Å². The van der Waals surface area contributed by atoms with E-state index in [2.05, 4.69) is 10.2 Å². The maximum absolute atomic E-state index is 11.9. The highest BCUT2D eigenvalue weighted by molar-refractivity contribution is 5.85. The fraction of sp³-hybridized carbons (Fsp3) is 0.632. The molecule has 1 aromatic carbocycles. The predicted octanol–water partition coefficient (Wildman–Crippen LogP) is 3.70. The van der Waals surface area contributed by atoms with Crippen molar-refractivity contribution in [1.29, 1.82) is 0 Å². The molecule has 2 fully saturated rings. The number of carbonyl (C=O) groups excluding carboxylic acids is 1. The second kappa shape index (κ2) is 11.3. The number of benzene rings is 1. The van der Waals surface area contributed by atoms with E-state index in [-0.39, 0.29) is 24.6 Å².